The Kier molecular flexibility index (Phi) is 4.65. The van der Waals surface area contributed by atoms with E-state index in [1.54, 1.807) is 0 Å². The summed E-state index contributed by atoms with van der Waals surface area (Å²) in [7, 11) is 0. The molecule has 114 valence electrons. The Morgan fingerprint density at radius 1 is 0.950 bits per heavy atom. The van der Waals surface area contributed by atoms with E-state index >= 15 is 0 Å². The van der Waals surface area contributed by atoms with Gasteiger partial charge in [0.25, 0.3) is 0 Å². The Morgan fingerprint density at radius 2 is 1.65 bits per heavy atom. The maximum absolute atomic E-state index is 12.6. The lowest BCUT2D eigenvalue weighted by Gasteiger charge is -2.33. The Labute approximate surface area is 123 Å². The quantitative estimate of drug-likeness (QED) is 0.863. The highest BCUT2D eigenvalue weighted by Gasteiger charge is 2.38. The van der Waals surface area contributed by atoms with Gasteiger partial charge in [-0.3, -0.25) is 4.79 Å². The molecule has 3 aliphatic rings. The highest BCUT2D eigenvalue weighted by atomic mass is 16.2. The molecule has 3 fully saturated rings. The van der Waals surface area contributed by atoms with Crippen molar-refractivity contribution >= 4 is 5.91 Å². The minimum atomic E-state index is 0.454. The molecular formula is C17H30N2O. The minimum Gasteiger partial charge on any atom is -0.339 e. The topological polar surface area (TPSA) is 46.3 Å². The minimum absolute atomic E-state index is 0.454. The first-order valence-electron chi connectivity index (χ1n) is 8.77. The largest absolute Gasteiger partial charge is 0.339 e. The van der Waals surface area contributed by atoms with Crippen LogP contribution in [0, 0.1) is 17.8 Å². The standard InChI is InChI=1S/C17H30N2O/c18-12-14-7-5-13(6-8-14)11-17(20)19-10-9-15-3-1-2-4-16(15)19/h13-16H,1-12,18H2. The number of carbonyl (C=O) groups is 1. The van der Waals surface area contributed by atoms with Gasteiger partial charge in [-0.1, -0.05) is 12.8 Å². The van der Waals surface area contributed by atoms with Gasteiger partial charge >= 0.3 is 0 Å². The molecule has 2 unspecified atom stereocenters. The molecule has 0 spiro atoms. The molecule has 3 nitrogen and oxygen atoms in total. The second kappa shape index (κ2) is 6.46. The molecule has 2 N–H and O–H groups in total. The Hall–Kier alpha value is -0.570. The van der Waals surface area contributed by atoms with Crippen molar-refractivity contribution in [1.29, 1.82) is 0 Å². The van der Waals surface area contributed by atoms with Crippen molar-refractivity contribution in [3.63, 3.8) is 0 Å². The van der Waals surface area contributed by atoms with Gasteiger partial charge in [-0.2, -0.15) is 0 Å². The summed E-state index contributed by atoms with van der Waals surface area (Å²) in [6.45, 7) is 1.86. The predicted octanol–water partition coefficient (Wildman–Crippen LogP) is 2.93. The van der Waals surface area contributed by atoms with E-state index in [0.717, 1.165) is 31.3 Å². The van der Waals surface area contributed by atoms with Crippen LogP contribution in [0.25, 0.3) is 0 Å². The molecule has 0 aromatic carbocycles. The van der Waals surface area contributed by atoms with Gasteiger partial charge in [0, 0.05) is 19.0 Å². The van der Waals surface area contributed by atoms with Crippen LogP contribution < -0.4 is 5.73 Å². The van der Waals surface area contributed by atoms with E-state index in [1.165, 1.54) is 57.8 Å². The van der Waals surface area contributed by atoms with Crippen LogP contribution in [0.15, 0.2) is 0 Å². The van der Waals surface area contributed by atoms with E-state index in [4.69, 9.17) is 5.73 Å². The lowest BCUT2D eigenvalue weighted by molar-refractivity contribution is -0.134. The molecule has 0 radical (unpaired) electrons. The van der Waals surface area contributed by atoms with E-state index in [0.29, 0.717) is 17.9 Å². The molecule has 1 heterocycles. The molecule has 20 heavy (non-hydrogen) atoms. The fourth-order valence-corrected chi connectivity index (χ4v) is 4.75. The van der Waals surface area contributed by atoms with Gasteiger partial charge in [-0.15, -0.1) is 0 Å². The molecule has 2 saturated carbocycles. The van der Waals surface area contributed by atoms with Crippen LogP contribution in [-0.4, -0.2) is 29.9 Å². The number of nitrogens with two attached hydrogens (primary N) is 1. The first-order valence-corrected chi connectivity index (χ1v) is 8.77. The molecule has 2 atom stereocenters. The van der Waals surface area contributed by atoms with E-state index in [1.807, 2.05) is 0 Å². The summed E-state index contributed by atoms with van der Waals surface area (Å²) in [5.41, 5.74) is 5.75. The van der Waals surface area contributed by atoms with Crippen LogP contribution in [0.2, 0.25) is 0 Å². The van der Waals surface area contributed by atoms with E-state index in [9.17, 15) is 4.79 Å². The van der Waals surface area contributed by atoms with Crippen molar-refractivity contribution < 1.29 is 4.79 Å². The fraction of sp³-hybridized carbons (Fsp3) is 0.941. The monoisotopic (exact) mass is 278 g/mol. The molecule has 0 bridgehead atoms. The molecular weight excluding hydrogens is 248 g/mol. The number of amides is 1. The average Bonchev–Trinajstić information content (AvgIpc) is 2.92. The fourth-order valence-electron chi connectivity index (χ4n) is 4.75. The molecule has 3 rings (SSSR count). The number of fused-ring (bicyclic) bond motifs is 1. The molecule has 1 amide bonds. The van der Waals surface area contributed by atoms with Gasteiger partial charge in [0.1, 0.15) is 0 Å². The third kappa shape index (κ3) is 3.03. The van der Waals surface area contributed by atoms with E-state index in [2.05, 4.69) is 4.90 Å². The number of rotatable bonds is 3. The van der Waals surface area contributed by atoms with Gasteiger partial charge in [0.05, 0.1) is 0 Å². The van der Waals surface area contributed by atoms with Crippen LogP contribution in [0.5, 0.6) is 0 Å². The second-order valence-corrected chi connectivity index (χ2v) is 7.31. The second-order valence-electron chi connectivity index (χ2n) is 7.31. The van der Waals surface area contributed by atoms with Crippen LogP contribution in [-0.2, 0) is 4.79 Å². The Bertz CT molecular complexity index is 336. The van der Waals surface area contributed by atoms with Gasteiger partial charge < -0.3 is 10.6 Å². The van der Waals surface area contributed by atoms with Crippen molar-refractivity contribution in [3.8, 4) is 0 Å². The maximum atomic E-state index is 12.6. The lowest BCUT2D eigenvalue weighted by atomic mass is 9.80. The summed E-state index contributed by atoms with van der Waals surface area (Å²) in [5.74, 6) is 2.63. The first-order chi connectivity index (χ1) is 9.78. The first kappa shape index (κ1) is 14.4. The summed E-state index contributed by atoms with van der Waals surface area (Å²) < 4.78 is 0. The van der Waals surface area contributed by atoms with Gasteiger partial charge in [0.2, 0.25) is 5.91 Å². The lowest BCUT2D eigenvalue weighted by Crippen LogP contribution is -2.40. The zero-order valence-electron chi connectivity index (χ0n) is 12.7. The number of likely N-dealkylation sites (tertiary alicyclic amines) is 1. The molecule has 1 aliphatic heterocycles. The number of nitrogens with zero attached hydrogens (tertiary/aromatic N) is 1. The number of carbonyl (C=O) groups excluding carboxylic acids is 1. The Morgan fingerprint density at radius 3 is 2.40 bits per heavy atom. The molecule has 0 aromatic heterocycles. The third-order valence-electron chi connectivity index (χ3n) is 6.09. The number of hydrogen-bond donors (Lipinski definition) is 1. The summed E-state index contributed by atoms with van der Waals surface area (Å²) >= 11 is 0. The van der Waals surface area contributed by atoms with E-state index in [-0.39, 0.29) is 0 Å². The van der Waals surface area contributed by atoms with E-state index < -0.39 is 0 Å². The summed E-state index contributed by atoms with van der Waals surface area (Å²) in [5, 5.41) is 0. The molecule has 3 heteroatoms. The Balaban J connectivity index is 1.49. The summed E-state index contributed by atoms with van der Waals surface area (Å²) in [6, 6.07) is 0.594. The van der Waals surface area contributed by atoms with Gasteiger partial charge in [-0.05, 0) is 69.2 Å². The van der Waals surface area contributed by atoms with Crippen LogP contribution in [0.4, 0.5) is 0 Å². The normalized spacial score (nSPS) is 37.8. The third-order valence-corrected chi connectivity index (χ3v) is 6.09. The average molecular weight is 278 g/mol. The highest BCUT2D eigenvalue weighted by Crippen LogP contribution is 2.37. The summed E-state index contributed by atoms with van der Waals surface area (Å²) in [4.78, 5) is 14.9. The van der Waals surface area contributed by atoms with Gasteiger partial charge in [0.15, 0.2) is 0 Å². The summed E-state index contributed by atoms with van der Waals surface area (Å²) in [6.07, 6.45) is 12.3. The van der Waals surface area contributed by atoms with Crippen molar-refractivity contribution in [3.05, 3.63) is 0 Å². The molecule has 1 saturated heterocycles. The zero-order chi connectivity index (χ0) is 13.9. The van der Waals surface area contributed by atoms with Crippen LogP contribution in [0.1, 0.15) is 64.2 Å². The smallest absolute Gasteiger partial charge is 0.223 e. The van der Waals surface area contributed by atoms with Crippen molar-refractivity contribution in [2.45, 2.75) is 70.3 Å². The SMILES string of the molecule is NCC1CCC(CC(=O)N2CCC3CCCCC32)CC1. The van der Waals surface area contributed by atoms with Crippen LogP contribution >= 0.6 is 0 Å². The molecule has 2 aliphatic carbocycles. The van der Waals surface area contributed by atoms with Gasteiger partial charge in [-0.25, -0.2) is 0 Å². The van der Waals surface area contributed by atoms with Crippen molar-refractivity contribution in [2.75, 3.05) is 13.1 Å². The highest BCUT2D eigenvalue weighted by molar-refractivity contribution is 5.77. The molecule has 0 aromatic rings. The van der Waals surface area contributed by atoms with Crippen molar-refractivity contribution in [2.24, 2.45) is 23.5 Å². The zero-order valence-corrected chi connectivity index (χ0v) is 12.7. The predicted molar refractivity (Wildman–Crippen MR) is 81.2 cm³/mol. The van der Waals surface area contributed by atoms with Crippen molar-refractivity contribution in [1.82, 2.24) is 4.90 Å². The maximum Gasteiger partial charge on any atom is 0.223 e. The van der Waals surface area contributed by atoms with Crippen LogP contribution in [0.3, 0.4) is 0 Å². The number of hydrogen-bond acceptors (Lipinski definition) is 2.